The molecule has 0 radical (unpaired) electrons. The Kier molecular flexibility index (Phi) is 5.70. The first-order chi connectivity index (χ1) is 18.2. The van der Waals surface area contributed by atoms with Gasteiger partial charge in [0.1, 0.15) is 11.3 Å². The van der Waals surface area contributed by atoms with Crippen LogP contribution >= 0.6 is 11.6 Å². The Balaban J connectivity index is 1.48. The van der Waals surface area contributed by atoms with Crippen LogP contribution in [0.3, 0.4) is 0 Å². The van der Waals surface area contributed by atoms with Crippen LogP contribution in [0.1, 0.15) is 17.0 Å². The lowest BCUT2D eigenvalue weighted by Crippen LogP contribution is -2.45. The van der Waals surface area contributed by atoms with Gasteiger partial charge in [0.2, 0.25) is 11.9 Å². The molecule has 35 heavy (non-hydrogen) atoms. The summed E-state index contributed by atoms with van der Waals surface area (Å²) in [5, 5.41) is 10.4. The number of fused-ring (bicyclic) bond motifs is 1. The van der Waals surface area contributed by atoms with Gasteiger partial charge in [-0.05, 0) is 37.0 Å². The highest BCUT2D eigenvalue weighted by Crippen LogP contribution is 2.37. The first-order valence-corrected chi connectivity index (χ1v) is 11.7. The summed E-state index contributed by atoms with van der Waals surface area (Å²) < 4.78 is 32.8. The number of methoxy groups -OCH3 is 1. The van der Waals surface area contributed by atoms with Gasteiger partial charge >= 0.3 is 0 Å². The van der Waals surface area contributed by atoms with Crippen LogP contribution in [0, 0.1) is 5.92 Å². The zero-order chi connectivity index (χ0) is 26.9. The van der Waals surface area contributed by atoms with Gasteiger partial charge < -0.3 is 25.4 Å². The highest BCUT2D eigenvalue weighted by atomic mass is 35.5. The second-order valence-electron chi connectivity index (χ2n) is 8.64. The number of hydrogen-bond acceptors (Lipinski definition) is 8. The SMILES string of the molecule is [2H]C([2H])([2H])Oc1cccc(-c2cc3cnc(N[C@@H]4COC[C@@H]4NC(=O)C=C)nc3c(NCC3CC3)n2)c1Cl. The zero-order valence-electron chi connectivity index (χ0n) is 21.9. The molecule has 0 unspecified atom stereocenters. The minimum Gasteiger partial charge on any atom is -0.495 e. The van der Waals surface area contributed by atoms with Gasteiger partial charge in [0.25, 0.3) is 0 Å². The quantitative estimate of drug-likeness (QED) is 0.384. The number of nitrogens with one attached hydrogen (secondary N) is 3. The molecule has 1 saturated heterocycles. The van der Waals surface area contributed by atoms with E-state index in [0.29, 0.717) is 47.7 Å². The van der Waals surface area contributed by atoms with Crippen LogP contribution in [0.25, 0.3) is 22.2 Å². The number of rotatable bonds is 9. The Bertz CT molecular complexity index is 1370. The van der Waals surface area contributed by atoms with Crippen LogP contribution in [0.15, 0.2) is 43.1 Å². The number of carbonyl (C=O) groups is 1. The van der Waals surface area contributed by atoms with E-state index in [4.69, 9.17) is 35.2 Å². The van der Waals surface area contributed by atoms with Crippen LogP contribution in [0.4, 0.5) is 11.8 Å². The number of halogens is 1. The van der Waals surface area contributed by atoms with Crippen molar-refractivity contribution in [2.75, 3.05) is 37.4 Å². The Labute approximate surface area is 212 Å². The lowest BCUT2D eigenvalue weighted by molar-refractivity contribution is -0.117. The Morgan fingerprint density at radius 3 is 3.00 bits per heavy atom. The minimum atomic E-state index is -2.63. The van der Waals surface area contributed by atoms with Gasteiger partial charge in [-0.1, -0.05) is 30.3 Å². The molecule has 2 aromatic heterocycles. The Hall–Kier alpha value is -3.43. The van der Waals surface area contributed by atoms with E-state index in [1.807, 2.05) is 0 Å². The fraction of sp³-hybridized carbons (Fsp3) is 0.360. The fourth-order valence-corrected chi connectivity index (χ4v) is 4.23. The summed E-state index contributed by atoms with van der Waals surface area (Å²) in [7, 11) is -2.63. The number of ether oxygens (including phenoxy) is 2. The Morgan fingerprint density at radius 2 is 2.20 bits per heavy atom. The molecule has 2 aliphatic rings. The minimum absolute atomic E-state index is 0.0474. The van der Waals surface area contributed by atoms with Crippen molar-refractivity contribution in [3.05, 3.63) is 48.1 Å². The largest absolute Gasteiger partial charge is 0.495 e. The van der Waals surface area contributed by atoms with E-state index in [9.17, 15) is 4.79 Å². The number of pyridine rings is 1. The van der Waals surface area contributed by atoms with Gasteiger partial charge in [-0.3, -0.25) is 4.79 Å². The van der Waals surface area contributed by atoms with Crippen LogP contribution in [0.5, 0.6) is 5.75 Å². The third kappa shape index (κ3) is 5.16. The molecule has 9 nitrogen and oxygen atoms in total. The second kappa shape index (κ2) is 10.1. The van der Waals surface area contributed by atoms with Gasteiger partial charge in [-0.25, -0.2) is 15.0 Å². The molecule has 0 spiro atoms. The maximum atomic E-state index is 11.8. The normalized spacial score (nSPS) is 21.0. The first-order valence-electron chi connectivity index (χ1n) is 12.9. The predicted octanol–water partition coefficient (Wildman–Crippen LogP) is 3.66. The molecule has 1 saturated carbocycles. The van der Waals surface area contributed by atoms with Crippen LogP contribution < -0.4 is 20.7 Å². The molecular formula is C25H27ClN6O3. The molecular weight excluding hydrogens is 468 g/mol. The van der Waals surface area contributed by atoms with E-state index in [-0.39, 0.29) is 28.8 Å². The van der Waals surface area contributed by atoms with E-state index in [2.05, 4.69) is 27.5 Å². The average Bonchev–Trinajstić information content (AvgIpc) is 3.62. The van der Waals surface area contributed by atoms with Gasteiger partial charge in [-0.15, -0.1) is 0 Å². The number of nitrogens with zero attached hydrogens (tertiary/aromatic N) is 3. The number of hydrogen-bond donors (Lipinski definition) is 3. The monoisotopic (exact) mass is 497 g/mol. The van der Waals surface area contributed by atoms with Gasteiger partial charge in [-0.2, -0.15) is 0 Å². The number of aromatic nitrogens is 3. The summed E-state index contributed by atoms with van der Waals surface area (Å²) in [6.45, 7) is 5.00. The summed E-state index contributed by atoms with van der Waals surface area (Å²) in [5.41, 5.74) is 1.66. The first kappa shape index (κ1) is 19.8. The molecule has 1 aromatic carbocycles. The van der Waals surface area contributed by atoms with Crippen molar-refractivity contribution in [1.29, 1.82) is 0 Å². The maximum Gasteiger partial charge on any atom is 0.243 e. The van der Waals surface area contributed by atoms with Crippen molar-refractivity contribution in [2.45, 2.75) is 24.9 Å². The molecule has 0 bridgehead atoms. The number of carbonyl (C=O) groups excluding carboxylic acids is 1. The van der Waals surface area contributed by atoms with Crippen LogP contribution in [-0.4, -0.2) is 59.7 Å². The molecule has 3 N–H and O–H groups in total. The molecule has 1 amide bonds. The zero-order valence-corrected chi connectivity index (χ0v) is 19.6. The molecule has 1 aliphatic heterocycles. The van der Waals surface area contributed by atoms with Gasteiger partial charge in [0, 0.05) is 23.7 Å². The molecule has 182 valence electrons. The summed E-state index contributed by atoms with van der Waals surface area (Å²) in [6.07, 6.45) is 5.22. The standard InChI is InChI=1S/C25H27ClN6O3/c1-3-21(33)29-18-12-35-13-19(18)31-25-28-11-15-9-17(16-5-4-6-20(34-2)22(16)26)30-24(23(15)32-25)27-10-14-7-8-14/h3-6,9,11,14,18-19H,1,7-8,10,12-13H2,2H3,(H,27,30)(H,29,33)(H,28,31,32)/t18-,19+/m0/s1/i2D3. The number of benzene rings is 1. The maximum absolute atomic E-state index is 11.8. The van der Waals surface area contributed by atoms with Crippen molar-refractivity contribution in [1.82, 2.24) is 20.3 Å². The van der Waals surface area contributed by atoms with Crippen LogP contribution in [-0.2, 0) is 9.53 Å². The summed E-state index contributed by atoms with van der Waals surface area (Å²) in [4.78, 5) is 25.8. The summed E-state index contributed by atoms with van der Waals surface area (Å²) in [6, 6.07) is 6.26. The van der Waals surface area contributed by atoms with E-state index in [0.717, 1.165) is 24.8 Å². The van der Waals surface area contributed by atoms with E-state index in [1.165, 1.54) is 12.1 Å². The highest BCUT2D eigenvalue weighted by Gasteiger charge is 2.30. The smallest absolute Gasteiger partial charge is 0.243 e. The lowest BCUT2D eigenvalue weighted by atomic mass is 10.1. The third-order valence-electron chi connectivity index (χ3n) is 6.08. The second-order valence-corrected chi connectivity index (χ2v) is 9.02. The van der Waals surface area contributed by atoms with Crippen molar-refractivity contribution >= 4 is 40.2 Å². The number of anilines is 2. The van der Waals surface area contributed by atoms with Crippen LogP contribution in [0.2, 0.25) is 5.02 Å². The molecule has 3 heterocycles. The Morgan fingerprint density at radius 1 is 1.34 bits per heavy atom. The molecule has 5 rings (SSSR count). The average molecular weight is 498 g/mol. The van der Waals surface area contributed by atoms with Crippen molar-refractivity contribution in [3.8, 4) is 17.0 Å². The number of amides is 1. The van der Waals surface area contributed by atoms with Crippen molar-refractivity contribution in [2.24, 2.45) is 5.92 Å². The lowest BCUT2D eigenvalue weighted by Gasteiger charge is -2.20. The predicted molar refractivity (Wildman–Crippen MR) is 136 cm³/mol. The molecule has 2 fully saturated rings. The topological polar surface area (TPSA) is 110 Å². The van der Waals surface area contributed by atoms with Crippen molar-refractivity contribution in [3.63, 3.8) is 0 Å². The molecule has 10 heteroatoms. The fourth-order valence-electron chi connectivity index (χ4n) is 3.97. The molecule has 1 aliphatic carbocycles. The van der Waals surface area contributed by atoms with E-state index in [1.54, 1.807) is 24.4 Å². The van der Waals surface area contributed by atoms with Gasteiger partial charge in [0.05, 0.1) is 47.2 Å². The van der Waals surface area contributed by atoms with E-state index >= 15 is 0 Å². The summed E-state index contributed by atoms with van der Waals surface area (Å²) >= 11 is 6.55. The summed E-state index contributed by atoms with van der Waals surface area (Å²) in [5.74, 6) is 1.29. The third-order valence-corrected chi connectivity index (χ3v) is 6.47. The molecule has 2 atom stereocenters. The van der Waals surface area contributed by atoms with Gasteiger partial charge in [0.15, 0.2) is 5.82 Å². The van der Waals surface area contributed by atoms with Crippen molar-refractivity contribution < 1.29 is 18.4 Å². The highest BCUT2D eigenvalue weighted by molar-refractivity contribution is 6.34. The van der Waals surface area contributed by atoms with E-state index < -0.39 is 7.04 Å². The molecule has 3 aromatic rings.